The van der Waals surface area contributed by atoms with Crippen LogP contribution in [0.3, 0.4) is 0 Å². The van der Waals surface area contributed by atoms with Crippen molar-refractivity contribution in [1.82, 2.24) is 9.97 Å². The van der Waals surface area contributed by atoms with Gasteiger partial charge >= 0.3 is 0 Å². The maximum Gasteiger partial charge on any atom is 0.224 e. The maximum atomic E-state index is 5.85. The first-order chi connectivity index (χ1) is 7.24. The zero-order chi connectivity index (χ0) is 10.4. The standard InChI is InChI=1S/C11H14ClN3/c1-7-5-13-11(12)14-10(7)15-6-8-2-3-9(15)4-8/h5,8-9H,2-4,6H2,1H3. The van der Waals surface area contributed by atoms with Gasteiger partial charge in [-0.15, -0.1) is 0 Å². The highest BCUT2D eigenvalue weighted by atomic mass is 35.5. The van der Waals surface area contributed by atoms with Crippen molar-refractivity contribution in [1.29, 1.82) is 0 Å². The van der Waals surface area contributed by atoms with Gasteiger partial charge in [-0.25, -0.2) is 9.97 Å². The molecule has 2 heterocycles. The lowest BCUT2D eigenvalue weighted by Crippen LogP contribution is -2.33. The highest BCUT2D eigenvalue weighted by Gasteiger charge is 2.38. The number of aromatic nitrogens is 2. The lowest BCUT2D eigenvalue weighted by atomic mass is 10.1. The molecule has 2 aliphatic rings. The first-order valence-electron chi connectivity index (χ1n) is 5.50. The molecule has 1 saturated heterocycles. The molecule has 0 N–H and O–H groups in total. The number of anilines is 1. The van der Waals surface area contributed by atoms with Crippen LogP contribution < -0.4 is 4.90 Å². The zero-order valence-electron chi connectivity index (χ0n) is 8.78. The fraction of sp³-hybridized carbons (Fsp3) is 0.636. The molecule has 2 unspecified atom stereocenters. The summed E-state index contributed by atoms with van der Waals surface area (Å²) in [5.74, 6) is 1.92. The van der Waals surface area contributed by atoms with Crippen LogP contribution in [0.4, 0.5) is 5.82 Å². The van der Waals surface area contributed by atoms with Crippen LogP contribution in [-0.4, -0.2) is 22.6 Å². The molecule has 0 spiro atoms. The monoisotopic (exact) mass is 223 g/mol. The van der Waals surface area contributed by atoms with E-state index in [2.05, 4.69) is 21.8 Å². The highest BCUT2D eigenvalue weighted by molar-refractivity contribution is 6.28. The van der Waals surface area contributed by atoms with Crippen LogP contribution in [0.1, 0.15) is 24.8 Å². The van der Waals surface area contributed by atoms with Gasteiger partial charge < -0.3 is 4.90 Å². The largest absolute Gasteiger partial charge is 0.353 e. The van der Waals surface area contributed by atoms with E-state index >= 15 is 0 Å². The topological polar surface area (TPSA) is 29.0 Å². The van der Waals surface area contributed by atoms with Gasteiger partial charge in [0.05, 0.1) is 0 Å². The van der Waals surface area contributed by atoms with E-state index in [1.165, 1.54) is 19.3 Å². The lowest BCUT2D eigenvalue weighted by Gasteiger charge is -2.29. The average Bonchev–Trinajstić information content (AvgIpc) is 2.83. The molecule has 1 aliphatic heterocycles. The summed E-state index contributed by atoms with van der Waals surface area (Å²) in [5, 5.41) is 0.360. The number of halogens is 1. The van der Waals surface area contributed by atoms with Crippen molar-refractivity contribution in [3.05, 3.63) is 17.0 Å². The van der Waals surface area contributed by atoms with Gasteiger partial charge in [0, 0.05) is 24.3 Å². The van der Waals surface area contributed by atoms with Crippen molar-refractivity contribution in [3.63, 3.8) is 0 Å². The molecule has 4 heteroatoms. The van der Waals surface area contributed by atoms with Gasteiger partial charge in [-0.05, 0) is 43.7 Å². The van der Waals surface area contributed by atoms with E-state index in [1.54, 1.807) is 0 Å². The molecular formula is C11H14ClN3. The van der Waals surface area contributed by atoms with Crippen molar-refractivity contribution in [3.8, 4) is 0 Å². The van der Waals surface area contributed by atoms with Gasteiger partial charge in [-0.2, -0.15) is 0 Å². The smallest absolute Gasteiger partial charge is 0.224 e. The summed E-state index contributed by atoms with van der Waals surface area (Å²) < 4.78 is 0. The van der Waals surface area contributed by atoms with Crippen LogP contribution in [0.5, 0.6) is 0 Å². The molecule has 1 saturated carbocycles. The van der Waals surface area contributed by atoms with Crippen LogP contribution in [0.25, 0.3) is 0 Å². The number of hydrogen-bond acceptors (Lipinski definition) is 3. The minimum Gasteiger partial charge on any atom is -0.353 e. The Hall–Kier alpha value is -0.830. The molecule has 1 aliphatic carbocycles. The molecule has 15 heavy (non-hydrogen) atoms. The fourth-order valence-electron chi connectivity index (χ4n) is 2.89. The molecule has 3 nitrogen and oxygen atoms in total. The molecule has 2 fully saturated rings. The Morgan fingerprint density at radius 3 is 3.00 bits per heavy atom. The predicted molar refractivity (Wildman–Crippen MR) is 60.3 cm³/mol. The summed E-state index contributed by atoms with van der Waals surface area (Å²) in [6.07, 6.45) is 5.85. The van der Waals surface area contributed by atoms with Gasteiger partial charge in [0.15, 0.2) is 0 Å². The second-order valence-corrected chi connectivity index (χ2v) is 4.97. The average molecular weight is 224 g/mol. The first-order valence-corrected chi connectivity index (χ1v) is 5.87. The molecule has 1 aromatic heterocycles. The van der Waals surface area contributed by atoms with Gasteiger partial charge in [-0.3, -0.25) is 0 Å². The van der Waals surface area contributed by atoms with Gasteiger partial charge in [0.1, 0.15) is 5.82 Å². The summed E-state index contributed by atoms with van der Waals surface area (Å²) >= 11 is 5.85. The van der Waals surface area contributed by atoms with E-state index < -0.39 is 0 Å². The summed E-state index contributed by atoms with van der Waals surface area (Å²) in [6, 6.07) is 0.694. The van der Waals surface area contributed by atoms with Gasteiger partial charge in [0.2, 0.25) is 5.28 Å². The predicted octanol–water partition coefficient (Wildman–Crippen LogP) is 2.43. The molecule has 2 atom stereocenters. The van der Waals surface area contributed by atoms with Crippen molar-refractivity contribution < 1.29 is 0 Å². The molecule has 0 aromatic carbocycles. The van der Waals surface area contributed by atoms with Crippen LogP contribution in [0.2, 0.25) is 5.28 Å². The van der Waals surface area contributed by atoms with Crippen LogP contribution in [0.15, 0.2) is 6.20 Å². The van der Waals surface area contributed by atoms with Crippen molar-refractivity contribution >= 4 is 17.4 Å². The summed E-state index contributed by atoms with van der Waals surface area (Å²) in [5.41, 5.74) is 1.13. The van der Waals surface area contributed by atoms with E-state index in [1.807, 2.05) is 6.20 Å². The number of rotatable bonds is 1. The fourth-order valence-corrected chi connectivity index (χ4v) is 3.02. The van der Waals surface area contributed by atoms with Crippen LogP contribution in [0, 0.1) is 12.8 Å². The SMILES string of the molecule is Cc1cnc(Cl)nc1N1CC2CCC1C2. The Labute approximate surface area is 94.5 Å². The third-order valence-electron chi connectivity index (χ3n) is 3.60. The van der Waals surface area contributed by atoms with Gasteiger partial charge in [-0.1, -0.05) is 0 Å². The number of aryl methyl sites for hydroxylation is 1. The van der Waals surface area contributed by atoms with Crippen LogP contribution >= 0.6 is 11.6 Å². The minimum atomic E-state index is 0.360. The highest BCUT2D eigenvalue weighted by Crippen LogP contribution is 2.40. The summed E-state index contributed by atoms with van der Waals surface area (Å²) in [6.45, 7) is 3.20. The Kier molecular flexibility index (Phi) is 2.09. The van der Waals surface area contributed by atoms with E-state index in [0.29, 0.717) is 11.3 Å². The normalized spacial score (nSPS) is 28.8. The molecular weight excluding hydrogens is 210 g/mol. The zero-order valence-corrected chi connectivity index (χ0v) is 9.54. The molecule has 3 rings (SSSR count). The molecule has 1 aromatic rings. The molecule has 0 radical (unpaired) electrons. The van der Waals surface area contributed by atoms with E-state index in [9.17, 15) is 0 Å². The summed E-state index contributed by atoms with van der Waals surface area (Å²) in [7, 11) is 0. The second-order valence-electron chi connectivity index (χ2n) is 4.63. The van der Waals surface area contributed by atoms with E-state index in [-0.39, 0.29) is 0 Å². The Balaban J connectivity index is 1.96. The first kappa shape index (κ1) is 9.40. The number of fused-ring (bicyclic) bond motifs is 2. The Morgan fingerprint density at radius 1 is 1.47 bits per heavy atom. The lowest BCUT2D eigenvalue weighted by molar-refractivity contribution is 0.549. The Bertz CT molecular complexity index is 393. The quantitative estimate of drug-likeness (QED) is 0.685. The minimum absolute atomic E-state index is 0.360. The maximum absolute atomic E-state index is 5.85. The van der Waals surface area contributed by atoms with Crippen molar-refractivity contribution in [2.24, 2.45) is 5.92 Å². The number of piperidine rings is 1. The number of nitrogens with zero attached hydrogens (tertiary/aromatic N) is 3. The van der Waals surface area contributed by atoms with Crippen LogP contribution in [-0.2, 0) is 0 Å². The van der Waals surface area contributed by atoms with Gasteiger partial charge in [0.25, 0.3) is 0 Å². The van der Waals surface area contributed by atoms with E-state index in [4.69, 9.17) is 11.6 Å². The number of hydrogen-bond donors (Lipinski definition) is 0. The van der Waals surface area contributed by atoms with Crippen molar-refractivity contribution in [2.75, 3.05) is 11.4 Å². The molecule has 80 valence electrons. The Morgan fingerprint density at radius 2 is 2.33 bits per heavy atom. The molecule has 2 bridgehead atoms. The third-order valence-corrected chi connectivity index (χ3v) is 3.78. The van der Waals surface area contributed by atoms with E-state index in [0.717, 1.165) is 23.8 Å². The molecule has 0 amide bonds. The van der Waals surface area contributed by atoms with Crippen molar-refractivity contribution in [2.45, 2.75) is 32.2 Å². The second kappa shape index (κ2) is 3.34. The third kappa shape index (κ3) is 1.49. The summed E-state index contributed by atoms with van der Waals surface area (Å²) in [4.78, 5) is 10.8.